The Morgan fingerprint density at radius 3 is 2.54 bits per heavy atom. The van der Waals surface area contributed by atoms with Crippen LogP contribution >= 0.6 is 0 Å². The van der Waals surface area contributed by atoms with Crippen molar-refractivity contribution in [2.24, 2.45) is 5.92 Å². The molecule has 1 atom stereocenters. The van der Waals surface area contributed by atoms with Gasteiger partial charge in [-0.1, -0.05) is 18.2 Å². The summed E-state index contributed by atoms with van der Waals surface area (Å²) in [6.07, 6.45) is 1.75. The molecule has 1 unspecified atom stereocenters. The van der Waals surface area contributed by atoms with Gasteiger partial charge in [0.15, 0.2) is 0 Å². The Bertz CT molecular complexity index is 926. The van der Waals surface area contributed by atoms with Gasteiger partial charge < -0.3 is 10.6 Å². The second-order valence-electron chi connectivity index (χ2n) is 7.47. The summed E-state index contributed by atoms with van der Waals surface area (Å²) in [6.45, 7) is 1.24. The highest BCUT2D eigenvalue weighted by atomic mass is 32.2. The Balaban J connectivity index is 1.66. The lowest BCUT2D eigenvalue weighted by atomic mass is 9.96. The van der Waals surface area contributed by atoms with Crippen molar-refractivity contribution in [3.8, 4) is 0 Å². The van der Waals surface area contributed by atoms with Crippen LogP contribution in [-0.2, 0) is 26.2 Å². The molecule has 2 aliphatic rings. The quantitative estimate of drug-likeness (QED) is 0.629. The summed E-state index contributed by atoms with van der Waals surface area (Å²) in [4.78, 5) is 38.0. The van der Waals surface area contributed by atoms with E-state index in [0.29, 0.717) is 5.56 Å². The summed E-state index contributed by atoms with van der Waals surface area (Å²) in [6, 6.07) is 5.77. The van der Waals surface area contributed by atoms with Crippen LogP contribution in [-0.4, -0.2) is 61.6 Å². The minimum absolute atomic E-state index is 0.0361. The number of imide groups is 1. The van der Waals surface area contributed by atoms with Crippen molar-refractivity contribution in [2.75, 3.05) is 20.6 Å². The molecular weight excluding hydrogens is 384 g/mol. The van der Waals surface area contributed by atoms with Crippen molar-refractivity contribution in [3.05, 3.63) is 29.8 Å². The monoisotopic (exact) mass is 408 g/mol. The molecule has 10 heteroatoms. The number of benzene rings is 1. The molecule has 28 heavy (non-hydrogen) atoms. The number of sulfonamides is 1. The van der Waals surface area contributed by atoms with Gasteiger partial charge in [-0.2, -0.15) is 0 Å². The van der Waals surface area contributed by atoms with E-state index in [1.807, 2.05) is 0 Å². The zero-order chi connectivity index (χ0) is 20.7. The molecule has 9 nitrogen and oxygen atoms in total. The maximum Gasteiger partial charge on any atom is 0.325 e. The molecule has 2 fully saturated rings. The van der Waals surface area contributed by atoms with E-state index in [1.54, 1.807) is 25.1 Å². The topological polar surface area (TPSA) is 116 Å². The SMILES string of the molecule is CN(C)S(=O)(=O)c1ccccc1CNC(=O)CN1C(=O)NC(C)(C2CC2)C1=O. The van der Waals surface area contributed by atoms with Crippen LogP contribution in [0.3, 0.4) is 0 Å². The molecule has 0 bridgehead atoms. The molecule has 2 N–H and O–H groups in total. The maximum atomic E-state index is 12.6. The van der Waals surface area contributed by atoms with Gasteiger partial charge in [-0.3, -0.25) is 14.5 Å². The third-order valence-corrected chi connectivity index (χ3v) is 7.12. The van der Waals surface area contributed by atoms with Crippen molar-refractivity contribution < 1.29 is 22.8 Å². The van der Waals surface area contributed by atoms with Crippen molar-refractivity contribution in [3.63, 3.8) is 0 Å². The van der Waals surface area contributed by atoms with Crippen LogP contribution in [0.5, 0.6) is 0 Å². The van der Waals surface area contributed by atoms with Gasteiger partial charge in [-0.15, -0.1) is 0 Å². The predicted molar refractivity (Wildman–Crippen MR) is 101 cm³/mol. The third kappa shape index (κ3) is 3.61. The number of rotatable bonds is 7. The van der Waals surface area contributed by atoms with Crippen molar-refractivity contribution in [1.29, 1.82) is 0 Å². The molecular formula is C18H24N4O5S. The van der Waals surface area contributed by atoms with Gasteiger partial charge >= 0.3 is 6.03 Å². The van der Waals surface area contributed by atoms with Crippen molar-refractivity contribution in [2.45, 2.75) is 36.7 Å². The first-order chi connectivity index (χ1) is 13.1. The summed E-state index contributed by atoms with van der Waals surface area (Å²) in [5, 5.41) is 5.28. The van der Waals surface area contributed by atoms with Crippen LogP contribution in [0.25, 0.3) is 0 Å². The van der Waals surface area contributed by atoms with Gasteiger partial charge in [-0.05, 0) is 37.3 Å². The lowest BCUT2D eigenvalue weighted by Crippen LogP contribution is -2.47. The number of nitrogens with zero attached hydrogens (tertiary/aromatic N) is 2. The fourth-order valence-corrected chi connectivity index (χ4v) is 4.40. The van der Waals surface area contributed by atoms with E-state index in [9.17, 15) is 22.8 Å². The first-order valence-corrected chi connectivity index (χ1v) is 10.4. The number of carbonyl (C=O) groups is 3. The third-order valence-electron chi connectivity index (χ3n) is 5.20. The molecule has 1 aliphatic carbocycles. The van der Waals surface area contributed by atoms with Crippen molar-refractivity contribution >= 4 is 27.9 Å². The number of hydrogen-bond donors (Lipinski definition) is 2. The molecule has 0 aromatic heterocycles. The van der Waals surface area contributed by atoms with E-state index in [0.717, 1.165) is 22.0 Å². The van der Waals surface area contributed by atoms with Gasteiger partial charge in [0.05, 0.1) is 4.90 Å². The smallest absolute Gasteiger partial charge is 0.325 e. The lowest BCUT2D eigenvalue weighted by molar-refractivity contribution is -0.135. The highest BCUT2D eigenvalue weighted by Gasteiger charge is 2.56. The van der Waals surface area contributed by atoms with E-state index in [-0.39, 0.29) is 17.4 Å². The highest BCUT2D eigenvalue weighted by molar-refractivity contribution is 7.89. The molecule has 4 amide bonds. The maximum absolute atomic E-state index is 12.6. The molecule has 1 aliphatic heterocycles. The molecule has 3 rings (SSSR count). The molecule has 0 radical (unpaired) electrons. The van der Waals surface area contributed by atoms with Gasteiger partial charge in [-0.25, -0.2) is 17.5 Å². The standard InChI is InChI=1S/C18H24N4O5S/c1-18(13-8-9-13)16(24)22(17(25)20-18)11-15(23)19-10-12-6-4-5-7-14(12)28(26,27)21(2)3/h4-7,13H,8-11H2,1-3H3,(H,19,23)(H,20,25). The second kappa shape index (κ2) is 7.17. The van der Waals surface area contributed by atoms with Crippen LogP contribution < -0.4 is 10.6 Å². The summed E-state index contributed by atoms with van der Waals surface area (Å²) in [7, 11) is -0.801. The fraction of sp³-hybridized carbons (Fsp3) is 0.500. The van der Waals surface area contributed by atoms with Crippen molar-refractivity contribution in [1.82, 2.24) is 19.8 Å². The molecule has 152 valence electrons. The highest BCUT2D eigenvalue weighted by Crippen LogP contribution is 2.42. The van der Waals surface area contributed by atoms with Gasteiger partial charge in [0.25, 0.3) is 5.91 Å². The Morgan fingerprint density at radius 2 is 1.93 bits per heavy atom. The van der Waals surface area contributed by atoms with Gasteiger partial charge in [0.1, 0.15) is 12.1 Å². The molecule has 1 aromatic rings. The molecule has 1 saturated heterocycles. The van der Waals surface area contributed by atoms with E-state index in [1.165, 1.54) is 20.2 Å². The van der Waals surface area contributed by atoms with Crippen LogP contribution in [0.2, 0.25) is 0 Å². The first-order valence-electron chi connectivity index (χ1n) is 8.98. The molecule has 1 saturated carbocycles. The zero-order valence-electron chi connectivity index (χ0n) is 16.1. The second-order valence-corrected chi connectivity index (χ2v) is 9.59. The number of urea groups is 1. The van der Waals surface area contributed by atoms with Crippen LogP contribution in [0.15, 0.2) is 29.2 Å². The summed E-state index contributed by atoms with van der Waals surface area (Å²) < 4.78 is 25.9. The average Bonchev–Trinajstić information content (AvgIpc) is 3.46. The van der Waals surface area contributed by atoms with E-state index in [4.69, 9.17) is 0 Å². The van der Waals surface area contributed by atoms with E-state index < -0.39 is 40.0 Å². The van der Waals surface area contributed by atoms with Gasteiger partial charge in [0, 0.05) is 20.6 Å². The fourth-order valence-electron chi connectivity index (χ4n) is 3.29. The Morgan fingerprint density at radius 1 is 1.29 bits per heavy atom. The number of nitrogens with one attached hydrogen (secondary N) is 2. The predicted octanol–water partition coefficient (Wildman–Crippen LogP) is 0.274. The number of hydrogen-bond acceptors (Lipinski definition) is 5. The average molecular weight is 408 g/mol. The number of carbonyl (C=O) groups excluding carboxylic acids is 3. The minimum atomic E-state index is -3.66. The Labute approximate surface area is 164 Å². The molecule has 1 aromatic carbocycles. The summed E-state index contributed by atoms with van der Waals surface area (Å²) >= 11 is 0. The molecule has 0 spiro atoms. The Hall–Kier alpha value is -2.46. The molecule has 1 heterocycles. The zero-order valence-corrected chi connectivity index (χ0v) is 16.9. The van der Waals surface area contributed by atoms with E-state index >= 15 is 0 Å². The van der Waals surface area contributed by atoms with Crippen LogP contribution in [0.4, 0.5) is 4.79 Å². The van der Waals surface area contributed by atoms with Crippen LogP contribution in [0, 0.1) is 5.92 Å². The van der Waals surface area contributed by atoms with Crippen LogP contribution in [0.1, 0.15) is 25.3 Å². The number of amides is 4. The minimum Gasteiger partial charge on any atom is -0.350 e. The van der Waals surface area contributed by atoms with Gasteiger partial charge in [0.2, 0.25) is 15.9 Å². The summed E-state index contributed by atoms with van der Waals surface area (Å²) in [5.74, 6) is -0.827. The van der Waals surface area contributed by atoms with E-state index in [2.05, 4.69) is 10.6 Å². The summed E-state index contributed by atoms with van der Waals surface area (Å²) in [5.41, 5.74) is -0.520. The Kier molecular flexibility index (Phi) is 5.20. The lowest BCUT2D eigenvalue weighted by Gasteiger charge is -2.20. The largest absolute Gasteiger partial charge is 0.350 e. The first kappa shape index (κ1) is 20.3. The normalized spacial score (nSPS) is 22.5.